The SMILES string of the molecule is COC(=O)c1cc(OC)c(OC)cc1NC(=O)CN(c1ccc(Cl)c(Cl)c1)S(=O)(=O)c1ccc(C)cc1. The predicted octanol–water partition coefficient (Wildman–Crippen LogP) is 4.94. The lowest BCUT2D eigenvalue weighted by Crippen LogP contribution is -2.38. The van der Waals surface area contributed by atoms with E-state index in [9.17, 15) is 18.0 Å². The number of esters is 1. The van der Waals surface area contributed by atoms with Crippen molar-refractivity contribution in [2.75, 3.05) is 37.5 Å². The quantitative estimate of drug-likeness (QED) is 0.365. The Morgan fingerprint density at radius 2 is 1.51 bits per heavy atom. The van der Waals surface area contributed by atoms with Crippen LogP contribution in [-0.2, 0) is 19.6 Å². The van der Waals surface area contributed by atoms with Crippen LogP contribution in [0.3, 0.4) is 0 Å². The van der Waals surface area contributed by atoms with Gasteiger partial charge in [-0.15, -0.1) is 0 Å². The first kappa shape index (κ1) is 28.1. The Kier molecular flexibility index (Phi) is 8.90. The average Bonchev–Trinajstić information content (AvgIpc) is 2.88. The monoisotopic (exact) mass is 566 g/mol. The summed E-state index contributed by atoms with van der Waals surface area (Å²) in [6.45, 7) is 1.17. The second-order valence-corrected chi connectivity index (χ2v) is 10.4. The lowest BCUT2D eigenvalue weighted by atomic mass is 10.1. The second kappa shape index (κ2) is 11.7. The molecule has 0 aromatic heterocycles. The standard InChI is InChI=1S/C25H24Cl2N2O7S/c1-15-5-8-17(9-6-15)37(32,33)29(16-7-10-19(26)20(27)11-16)14-24(30)28-21-13-23(35-3)22(34-2)12-18(21)25(31)36-4/h5-13H,14H2,1-4H3,(H,28,30). The van der Waals surface area contributed by atoms with E-state index in [1.807, 2.05) is 6.92 Å². The van der Waals surface area contributed by atoms with Gasteiger partial charge < -0.3 is 19.5 Å². The Hall–Kier alpha value is -3.47. The molecule has 12 heteroatoms. The van der Waals surface area contributed by atoms with Crippen molar-refractivity contribution in [2.24, 2.45) is 0 Å². The molecule has 0 aliphatic carbocycles. The number of hydrogen-bond donors (Lipinski definition) is 1. The number of carbonyl (C=O) groups excluding carboxylic acids is 2. The average molecular weight is 567 g/mol. The number of nitrogens with zero attached hydrogens (tertiary/aromatic N) is 1. The van der Waals surface area contributed by atoms with E-state index < -0.39 is 28.4 Å². The molecule has 0 aliphatic rings. The van der Waals surface area contributed by atoms with Crippen LogP contribution in [0.4, 0.5) is 11.4 Å². The number of anilines is 2. The van der Waals surface area contributed by atoms with Crippen molar-refractivity contribution >= 4 is 56.5 Å². The Morgan fingerprint density at radius 3 is 2.08 bits per heavy atom. The summed E-state index contributed by atoms with van der Waals surface area (Å²) >= 11 is 12.2. The highest BCUT2D eigenvalue weighted by molar-refractivity contribution is 7.92. The predicted molar refractivity (Wildman–Crippen MR) is 142 cm³/mol. The molecule has 0 unspecified atom stereocenters. The summed E-state index contributed by atoms with van der Waals surface area (Å²) in [6.07, 6.45) is 0. The summed E-state index contributed by atoms with van der Waals surface area (Å²) in [5, 5.41) is 2.90. The van der Waals surface area contributed by atoms with Gasteiger partial charge in [0, 0.05) is 12.1 Å². The Balaban J connectivity index is 2.04. The number of ether oxygens (including phenoxy) is 3. The van der Waals surface area contributed by atoms with E-state index in [-0.39, 0.29) is 43.4 Å². The number of rotatable bonds is 9. The van der Waals surface area contributed by atoms with Gasteiger partial charge in [-0.25, -0.2) is 13.2 Å². The van der Waals surface area contributed by atoms with Gasteiger partial charge in [0.2, 0.25) is 5.91 Å². The fraction of sp³-hybridized carbons (Fsp3) is 0.200. The number of sulfonamides is 1. The van der Waals surface area contributed by atoms with E-state index in [1.165, 1.54) is 63.8 Å². The van der Waals surface area contributed by atoms with Crippen LogP contribution in [0, 0.1) is 6.92 Å². The van der Waals surface area contributed by atoms with Gasteiger partial charge in [-0.2, -0.15) is 0 Å². The summed E-state index contributed by atoms with van der Waals surface area (Å²) in [4.78, 5) is 25.5. The van der Waals surface area contributed by atoms with E-state index in [1.54, 1.807) is 12.1 Å². The normalized spacial score (nSPS) is 11.0. The van der Waals surface area contributed by atoms with Crippen molar-refractivity contribution in [3.63, 3.8) is 0 Å². The highest BCUT2D eigenvalue weighted by Crippen LogP contribution is 2.34. The first-order chi connectivity index (χ1) is 17.5. The third-order valence-electron chi connectivity index (χ3n) is 5.29. The number of hydrogen-bond acceptors (Lipinski definition) is 7. The van der Waals surface area contributed by atoms with Gasteiger partial charge in [0.15, 0.2) is 11.5 Å². The fourth-order valence-corrected chi connectivity index (χ4v) is 5.08. The minimum absolute atomic E-state index is 0.0176. The molecule has 0 radical (unpaired) electrons. The maximum atomic E-state index is 13.6. The first-order valence-corrected chi connectivity index (χ1v) is 12.9. The lowest BCUT2D eigenvalue weighted by Gasteiger charge is -2.25. The number of aryl methyl sites for hydroxylation is 1. The van der Waals surface area contributed by atoms with Crippen LogP contribution >= 0.6 is 23.2 Å². The van der Waals surface area contributed by atoms with Crippen molar-refractivity contribution < 1.29 is 32.2 Å². The summed E-state index contributed by atoms with van der Waals surface area (Å²) in [7, 11) is -0.241. The molecule has 0 saturated heterocycles. The third-order valence-corrected chi connectivity index (χ3v) is 7.82. The summed E-state index contributed by atoms with van der Waals surface area (Å²) in [6, 6.07) is 13.1. The van der Waals surface area contributed by atoms with Crippen LogP contribution in [0.15, 0.2) is 59.5 Å². The summed E-state index contributed by atoms with van der Waals surface area (Å²) in [5.41, 5.74) is 1.000. The molecule has 37 heavy (non-hydrogen) atoms. The fourth-order valence-electron chi connectivity index (χ4n) is 3.37. The molecule has 0 spiro atoms. The van der Waals surface area contributed by atoms with Gasteiger partial charge in [0.25, 0.3) is 10.0 Å². The lowest BCUT2D eigenvalue weighted by molar-refractivity contribution is -0.114. The number of carbonyl (C=O) groups is 2. The molecule has 3 aromatic carbocycles. The minimum atomic E-state index is -4.21. The topological polar surface area (TPSA) is 111 Å². The molecule has 0 bridgehead atoms. The molecule has 0 aliphatic heterocycles. The number of nitrogens with one attached hydrogen (secondary N) is 1. The van der Waals surface area contributed by atoms with E-state index in [4.69, 9.17) is 37.4 Å². The van der Waals surface area contributed by atoms with Gasteiger partial charge in [-0.1, -0.05) is 40.9 Å². The van der Waals surface area contributed by atoms with E-state index >= 15 is 0 Å². The highest BCUT2D eigenvalue weighted by Gasteiger charge is 2.29. The van der Waals surface area contributed by atoms with Crippen LogP contribution in [-0.4, -0.2) is 48.2 Å². The van der Waals surface area contributed by atoms with Gasteiger partial charge in [0.05, 0.1) is 53.2 Å². The molecule has 3 rings (SSSR count). The van der Waals surface area contributed by atoms with E-state index in [2.05, 4.69) is 5.32 Å². The zero-order valence-electron chi connectivity index (χ0n) is 20.4. The van der Waals surface area contributed by atoms with Crippen molar-refractivity contribution in [1.82, 2.24) is 0 Å². The zero-order chi connectivity index (χ0) is 27.3. The Labute approximate surface area is 224 Å². The molecular formula is C25H24Cl2N2O7S. The van der Waals surface area contributed by atoms with Crippen LogP contribution in [0.2, 0.25) is 10.0 Å². The minimum Gasteiger partial charge on any atom is -0.493 e. The van der Waals surface area contributed by atoms with Crippen molar-refractivity contribution in [1.29, 1.82) is 0 Å². The van der Waals surface area contributed by atoms with Gasteiger partial charge >= 0.3 is 5.97 Å². The molecule has 0 fully saturated rings. The molecular weight excluding hydrogens is 543 g/mol. The van der Waals surface area contributed by atoms with Gasteiger partial charge in [0.1, 0.15) is 6.54 Å². The molecule has 0 saturated carbocycles. The van der Waals surface area contributed by atoms with Gasteiger partial charge in [-0.3, -0.25) is 9.10 Å². The van der Waals surface area contributed by atoms with Crippen LogP contribution in [0.25, 0.3) is 0 Å². The largest absolute Gasteiger partial charge is 0.493 e. The van der Waals surface area contributed by atoms with Crippen LogP contribution in [0.5, 0.6) is 11.5 Å². The van der Waals surface area contributed by atoms with Crippen molar-refractivity contribution in [2.45, 2.75) is 11.8 Å². The maximum Gasteiger partial charge on any atom is 0.340 e. The summed E-state index contributed by atoms with van der Waals surface area (Å²) < 4.78 is 43.4. The van der Waals surface area contributed by atoms with Crippen LogP contribution in [0.1, 0.15) is 15.9 Å². The second-order valence-electron chi connectivity index (χ2n) is 7.72. The maximum absolute atomic E-state index is 13.6. The van der Waals surface area contributed by atoms with E-state index in [0.717, 1.165) is 9.87 Å². The van der Waals surface area contributed by atoms with Crippen molar-refractivity contribution in [3.05, 3.63) is 75.8 Å². The Bertz CT molecular complexity index is 1430. The van der Waals surface area contributed by atoms with Gasteiger partial charge in [-0.05, 0) is 37.3 Å². The molecule has 0 atom stereocenters. The molecule has 0 heterocycles. The zero-order valence-corrected chi connectivity index (χ0v) is 22.7. The smallest absolute Gasteiger partial charge is 0.340 e. The summed E-state index contributed by atoms with van der Waals surface area (Å²) in [5.74, 6) is -1.02. The number of methoxy groups -OCH3 is 3. The Morgan fingerprint density at radius 1 is 0.892 bits per heavy atom. The molecule has 1 N–H and O–H groups in total. The molecule has 196 valence electrons. The highest BCUT2D eigenvalue weighted by atomic mass is 35.5. The van der Waals surface area contributed by atoms with Crippen molar-refractivity contribution in [3.8, 4) is 11.5 Å². The number of amides is 1. The third kappa shape index (κ3) is 6.27. The number of halogens is 2. The molecule has 3 aromatic rings. The molecule has 9 nitrogen and oxygen atoms in total. The molecule has 1 amide bonds. The van der Waals surface area contributed by atoms with E-state index in [0.29, 0.717) is 0 Å². The number of benzene rings is 3. The first-order valence-electron chi connectivity index (χ1n) is 10.7. The van der Waals surface area contributed by atoms with Crippen LogP contribution < -0.4 is 19.1 Å².